The van der Waals surface area contributed by atoms with Crippen LogP contribution in [0.2, 0.25) is 0 Å². The van der Waals surface area contributed by atoms with Gasteiger partial charge in [0.25, 0.3) is 0 Å². The highest BCUT2D eigenvalue weighted by Gasteiger charge is 2.23. The molecule has 0 spiro atoms. The van der Waals surface area contributed by atoms with Crippen LogP contribution in [0, 0.1) is 0 Å². The number of thioether (sulfide) groups is 1. The van der Waals surface area contributed by atoms with E-state index in [4.69, 9.17) is 5.73 Å². The second-order valence-electron chi connectivity index (χ2n) is 3.76. The maximum atomic E-state index is 11.7. The van der Waals surface area contributed by atoms with Gasteiger partial charge in [-0.3, -0.25) is 4.79 Å². The maximum Gasteiger partial charge on any atom is 0.328 e. The largest absolute Gasteiger partial charge is 0.467 e. The van der Waals surface area contributed by atoms with Crippen LogP contribution in [0.3, 0.4) is 0 Å². The number of carbonyl (C=O) groups excluding carboxylic acids is 2. The summed E-state index contributed by atoms with van der Waals surface area (Å²) in [5, 5.41) is 2.64. The van der Waals surface area contributed by atoms with Crippen LogP contribution in [0.5, 0.6) is 0 Å². The molecule has 0 fully saturated rings. The molecule has 0 aromatic heterocycles. The molecule has 6 heteroatoms. The number of rotatable bonds is 8. The minimum atomic E-state index is -0.595. The van der Waals surface area contributed by atoms with E-state index in [1.165, 1.54) is 7.11 Å². The van der Waals surface area contributed by atoms with Crippen LogP contribution in [-0.2, 0) is 14.3 Å². The molecule has 0 aromatic rings. The minimum Gasteiger partial charge on any atom is -0.467 e. The molecule has 0 saturated carbocycles. The average molecular weight is 262 g/mol. The third kappa shape index (κ3) is 6.53. The lowest BCUT2D eigenvalue weighted by Crippen LogP contribution is -2.48. The molecule has 0 aliphatic heterocycles. The standard InChI is InChI=1S/C11H22N2O3S/c1-4-5-8(12)10(14)13-9(6-7-17-3)11(15)16-2/h8-9H,4-7,12H2,1-3H3,(H,13,14). The second kappa shape index (κ2) is 9.30. The Hall–Kier alpha value is -0.750. The van der Waals surface area contributed by atoms with Gasteiger partial charge >= 0.3 is 5.97 Å². The number of ether oxygens (including phenoxy) is 1. The van der Waals surface area contributed by atoms with Crippen LogP contribution in [0.15, 0.2) is 0 Å². The number of nitrogens with two attached hydrogens (primary N) is 1. The van der Waals surface area contributed by atoms with E-state index >= 15 is 0 Å². The Morgan fingerprint density at radius 2 is 2.06 bits per heavy atom. The third-order valence-electron chi connectivity index (χ3n) is 2.35. The molecule has 5 nitrogen and oxygen atoms in total. The first-order chi connectivity index (χ1) is 8.06. The summed E-state index contributed by atoms with van der Waals surface area (Å²) in [4.78, 5) is 23.1. The first kappa shape index (κ1) is 16.2. The lowest BCUT2D eigenvalue weighted by Gasteiger charge is -2.18. The molecule has 17 heavy (non-hydrogen) atoms. The number of carbonyl (C=O) groups is 2. The monoisotopic (exact) mass is 262 g/mol. The second-order valence-corrected chi connectivity index (χ2v) is 4.75. The molecular formula is C11H22N2O3S. The van der Waals surface area contributed by atoms with E-state index < -0.39 is 18.1 Å². The molecule has 2 atom stereocenters. The fourth-order valence-electron chi connectivity index (χ4n) is 1.35. The van der Waals surface area contributed by atoms with Crippen LogP contribution in [0.1, 0.15) is 26.2 Å². The van der Waals surface area contributed by atoms with E-state index in [1.54, 1.807) is 11.8 Å². The van der Waals surface area contributed by atoms with Crippen molar-refractivity contribution in [3.63, 3.8) is 0 Å². The van der Waals surface area contributed by atoms with E-state index in [-0.39, 0.29) is 5.91 Å². The zero-order valence-corrected chi connectivity index (χ0v) is 11.5. The maximum absolute atomic E-state index is 11.7. The van der Waals surface area contributed by atoms with Crippen molar-refractivity contribution in [1.29, 1.82) is 0 Å². The Bertz CT molecular complexity index is 249. The minimum absolute atomic E-state index is 0.289. The van der Waals surface area contributed by atoms with Crippen LogP contribution >= 0.6 is 11.8 Å². The molecule has 3 N–H and O–H groups in total. The van der Waals surface area contributed by atoms with E-state index in [9.17, 15) is 9.59 Å². The van der Waals surface area contributed by atoms with Gasteiger partial charge in [0, 0.05) is 0 Å². The zero-order chi connectivity index (χ0) is 13.3. The van der Waals surface area contributed by atoms with E-state index in [1.807, 2.05) is 13.2 Å². The molecule has 0 aromatic carbocycles. The van der Waals surface area contributed by atoms with Crippen molar-refractivity contribution < 1.29 is 14.3 Å². The fourth-order valence-corrected chi connectivity index (χ4v) is 1.82. The van der Waals surface area contributed by atoms with E-state index in [2.05, 4.69) is 10.1 Å². The summed E-state index contributed by atoms with van der Waals surface area (Å²) < 4.78 is 4.65. The van der Waals surface area contributed by atoms with Crippen molar-refractivity contribution in [1.82, 2.24) is 5.32 Å². The van der Waals surface area contributed by atoms with E-state index in [0.717, 1.165) is 12.2 Å². The van der Waals surface area contributed by atoms with Crippen molar-refractivity contribution in [3.05, 3.63) is 0 Å². The summed E-state index contributed by atoms with van der Waals surface area (Å²) in [6, 6.07) is -1.15. The van der Waals surface area contributed by atoms with Crippen LogP contribution in [0.25, 0.3) is 0 Å². The van der Waals surface area contributed by atoms with Gasteiger partial charge in [0.2, 0.25) is 5.91 Å². The SMILES string of the molecule is CCCC(N)C(=O)NC(CCSC)C(=O)OC. The highest BCUT2D eigenvalue weighted by Crippen LogP contribution is 2.03. The summed E-state index contributed by atoms with van der Waals surface area (Å²) in [7, 11) is 1.31. The van der Waals surface area contributed by atoms with Gasteiger partial charge in [-0.15, -0.1) is 0 Å². The van der Waals surface area contributed by atoms with Crippen molar-refractivity contribution in [2.45, 2.75) is 38.3 Å². The molecule has 0 saturated heterocycles. The Balaban J connectivity index is 4.31. The molecule has 100 valence electrons. The van der Waals surface area contributed by atoms with Gasteiger partial charge in [-0.05, 0) is 24.9 Å². The summed E-state index contributed by atoms with van der Waals surface area (Å²) >= 11 is 1.61. The fraction of sp³-hybridized carbons (Fsp3) is 0.818. The molecule has 0 heterocycles. The van der Waals surface area contributed by atoms with Crippen LogP contribution in [-0.4, -0.2) is 43.1 Å². The molecule has 0 aliphatic carbocycles. The van der Waals surface area contributed by atoms with Crippen molar-refractivity contribution in [2.24, 2.45) is 5.73 Å². The Morgan fingerprint density at radius 1 is 1.41 bits per heavy atom. The highest BCUT2D eigenvalue weighted by atomic mass is 32.2. The van der Waals surface area contributed by atoms with Gasteiger partial charge in [0.15, 0.2) is 0 Å². The van der Waals surface area contributed by atoms with Crippen molar-refractivity contribution >= 4 is 23.6 Å². The van der Waals surface area contributed by atoms with Crippen LogP contribution < -0.4 is 11.1 Å². The van der Waals surface area contributed by atoms with Gasteiger partial charge < -0.3 is 15.8 Å². The molecule has 0 aliphatic rings. The molecule has 2 unspecified atom stereocenters. The third-order valence-corrected chi connectivity index (χ3v) is 2.99. The van der Waals surface area contributed by atoms with Gasteiger partial charge in [-0.1, -0.05) is 13.3 Å². The lowest BCUT2D eigenvalue weighted by molar-refractivity contribution is -0.145. The van der Waals surface area contributed by atoms with Crippen molar-refractivity contribution in [3.8, 4) is 0 Å². The van der Waals surface area contributed by atoms with Crippen LogP contribution in [0.4, 0.5) is 0 Å². The van der Waals surface area contributed by atoms with Gasteiger partial charge in [-0.25, -0.2) is 4.79 Å². The summed E-state index contributed by atoms with van der Waals surface area (Å²) in [5.74, 6) is 0.0720. The number of hydrogen-bond acceptors (Lipinski definition) is 5. The van der Waals surface area contributed by atoms with Gasteiger partial charge in [0.05, 0.1) is 13.2 Å². The predicted octanol–water partition coefficient (Wildman–Crippen LogP) is 0.525. The molecule has 0 rings (SSSR count). The summed E-state index contributed by atoms with van der Waals surface area (Å²) in [6.45, 7) is 1.96. The normalized spacial score (nSPS) is 13.9. The number of esters is 1. The quantitative estimate of drug-likeness (QED) is 0.623. The van der Waals surface area contributed by atoms with Gasteiger partial charge in [-0.2, -0.15) is 11.8 Å². The first-order valence-electron chi connectivity index (χ1n) is 5.69. The molecule has 1 amide bonds. The Kier molecular flexibility index (Phi) is 8.89. The smallest absolute Gasteiger partial charge is 0.328 e. The zero-order valence-electron chi connectivity index (χ0n) is 10.7. The Morgan fingerprint density at radius 3 is 2.53 bits per heavy atom. The molecular weight excluding hydrogens is 240 g/mol. The van der Waals surface area contributed by atoms with Crippen molar-refractivity contribution in [2.75, 3.05) is 19.1 Å². The summed E-state index contributed by atoms with van der Waals surface area (Å²) in [6.07, 6.45) is 3.95. The van der Waals surface area contributed by atoms with Gasteiger partial charge in [0.1, 0.15) is 6.04 Å². The molecule has 0 radical (unpaired) electrons. The predicted molar refractivity (Wildman–Crippen MR) is 69.8 cm³/mol. The Labute approximate surface area is 107 Å². The number of amides is 1. The number of nitrogens with one attached hydrogen (secondary N) is 1. The number of hydrogen-bond donors (Lipinski definition) is 2. The lowest BCUT2D eigenvalue weighted by atomic mass is 10.1. The highest BCUT2D eigenvalue weighted by molar-refractivity contribution is 7.98. The topological polar surface area (TPSA) is 81.4 Å². The van der Waals surface area contributed by atoms with E-state index in [0.29, 0.717) is 12.8 Å². The number of methoxy groups -OCH3 is 1. The first-order valence-corrected chi connectivity index (χ1v) is 7.08. The summed E-state index contributed by atoms with van der Waals surface area (Å²) in [5.41, 5.74) is 5.68. The average Bonchev–Trinajstić information content (AvgIpc) is 2.33. The molecule has 0 bridgehead atoms.